The molecule has 3 aromatic rings. The van der Waals surface area contributed by atoms with Gasteiger partial charge >= 0.3 is 0 Å². The Morgan fingerprint density at radius 1 is 1.19 bits per heavy atom. The van der Waals surface area contributed by atoms with E-state index in [1.54, 1.807) is 0 Å². The number of para-hydroxylation sites is 2. The maximum Gasteiger partial charge on any atom is 0.129 e. The molecular formula is C17H18BrN3. The number of imidazole rings is 1. The summed E-state index contributed by atoms with van der Waals surface area (Å²) < 4.78 is 3.34. The lowest BCUT2D eigenvalue weighted by atomic mass is 10.2. The fourth-order valence-corrected chi connectivity index (χ4v) is 3.18. The lowest BCUT2D eigenvalue weighted by molar-refractivity contribution is 0.729. The predicted octanol–water partition coefficient (Wildman–Crippen LogP) is 4.74. The van der Waals surface area contributed by atoms with Crippen LogP contribution in [0.5, 0.6) is 0 Å². The molecule has 0 unspecified atom stereocenters. The first kappa shape index (κ1) is 14.1. The summed E-state index contributed by atoms with van der Waals surface area (Å²) in [7, 11) is 0. The van der Waals surface area contributed by atoms with Gasteiger partial charge in [0.05, 0.1) is 17.6 Å². The average molecular weight is 344 g/mol. The van der Waals surface area contributed by atoms with E-state index in [2.05, 4.69) is 76.1 Å². The average Bonchev–Trinajstić information content (AvgIpc) is 2.83. The van der Waals surface area contributed by atoms with Gasteiger partial charge in [0.15, 0.2) is 0 Å². The van der Waals surface area contributed by atoms with Crippen LogP contribution in [0.15, 0.2) is 46.9 Å². The van der Waals surface area contributed by atoms with E-state index in [0.717, 1.165) is 28.0 Å². The number of benzene rings is 2. The van der Waals surface area contributed by atoms with Crippen LogP contribution in [0.3, 0.4) is 0 Å². The molecule has 0 radical (unpaired) electrons. The van der Waals surface area contributed by atoms with Crippen LogP contribution in [0.2, 0.25) is 0 Å². The van der Waals surface area contributed by atoms with Gasteiger partial charge in [-0.2, -0.15) is 0 Å². The lowest BCUT2D eigenvalue weighted by Crippen LogP contribution is -2.08. The predicted molar refractivity (Wildman–Crippen MR) is 91.6 cm³/mol. The number of halogens is 1. The van der Waals surface area contributed by atoms with Gasteiger partial charge in [-0.3, -0.25) is 0 Å². The van der Waals surface area contributed by atoms with Gasteiger partial charge in [0, 0.05) is 16.7 Å². The number of nitrogens with one attached hydrogen (secondary N) is 1. The van der Waals surface area contributed by atoms with Crippen LogP contribution < -0.4 is 5.32 Å². The van der Waals surface area contributed by atoms with Crippen LogP contribution in [0.4, 0.5) is 5.69 Å². The zero-order valence-electron chi connectivity index (χ0n) is 12.2. The van der Waals surface area contributed by atoms with E-state index in [1.807, 2.05) is 6.07 Å². The van der Waals surface area contributed by atoms with E-state index in [0.29, 0.717) is 6.54 Å². The van der Waals surface area contributed by atoms with Crippen LogP contribution in [0, 0.1) is 6.92 Å². The smallest absolute Gasteiger partial charge is 0.129 e. The Labute approximate surface area is 133 Å². The van der Waals surface area contributed by atoms with Gasteiger partial charge in [-0.25, -0.2) is 4.98 Å². The Morgan fingerprint density at radius 3 is 2.76 bits per heavy atom. The summed E-state index contributed by atoms with van der Waals surface area (Å²) in [6, 6.07) is 14.6. The molecule has 0 saturated carbocycles. The molecule has 4 heteroatoms. The van der Waals surface area contributed by atoms with Crippen molar-refractivity contribution >= 4 is 32.7 Å². The Bertz CT molecular complexity index is 777. The standard InChI is InChI=1S/C17H18BrN3/c1-3-21-16-7-5-4-6-15(16)20-17(21)11-19-14-9-8-12(2)10-13(14)18/h4-10,19H,3,11H2,1-2H3. The summed E-state index contributed by atoms with van der Waals surface area (Å²) in [6.45, 7) is 5.88. The van der Waals surface area contributed by atoms with Gasteiger partial charge in [0.25, 0.3) is 0 Å². The van der Waals surface area contributed by atoms with Crippen molar-refractivity contribution in [2.24, 2.45) is 0 Å². The molecule has 0 spiro atoms. The topological polar surface area (TPSA) is 29.9 Å². The summed E-state index contributed by atoms with van der Waals surface area (Å²) in [6.07, 6.45) is 0. The zero-order valence-corrected chi connectivity index (χ0v) is 13.8. The SMILES string of the molecule is CCn1c(CNc2ccc(C)cc2Br)nc2ccccc21. The number of aromatic nitrogens is 2. The molecule has 2 aromatic carbocycles. The number of hydrogen-bond acceptors (Lipinski definition) is 2. The molecule has 3 rings (SSSR count). The molecular weight excluding hydrogens is 326 g/mol. The minimum atomic E-state index is 0.712. The summed E-state index contributed by atoms with van der Waals surface area (Å²) in [5.74, 6) is 1.06. The van der Waals surface area contributed by atoms with E-state index in [1.165, 1.54) is 11.1 Å². The Balaban J connectivity index is 1.88. The summed E-state index contributed by atoms with van der Waals surface area (Å²) in [5, 5.41) is 3.46. The maximum absolute atomic E-state index is 4.73. The van der Waals surface area contributed by atoms with Crippen LogP contribution in [-0.4, -0.2) is 9.55 Å². The largest absolute Gasteiger partial charge is 0.377 e. The maximum atomic E-state index is 4.73. The van der Waals surface area contributed by atoms with Crippen LogP contribution in [-0.2, 0) is 13.1 Å². The quantitative estimate of drug-likeness (QED) is 0.741. The second kappa shape index (κ2) is 5.90. The molecule has 21 heavy (non-hydrogen) atoms. The van der Waals surface area contributed by atoms with Crippen molar-refractivity contribution in [2.45, 2.75) is 26.9 Å². The second-order valence-electron chi connectivity index (χ2n) is 5.10. The molecule has 1 heterocycles. The molecule has 1 aromatic heterocycles. The number of fused-ring (bicyclic) bond motifs is 1. The van der Waals surface area contributed by atoms with E-state index >= 15 is 0 Å². The van der Waals surface area contributed by atoms with Crippen molar-refractivity contribution < 1.29 is 0 Å². The fourth-order valence-electron chi connectivity index (χ4n) is 2.55. The van der Waals surface area contributed by atoms with Crippen molar-refractivity contribution in [3.8, 4) is 0 Å². The Morgan fingerprint density at radius 2 is 2.00 bits per heavy atom. The highest BCUT2D eigenvalue weighted by Crippen LogP contribution is 2.24. The fraction of sp³-hybridized carbons (Fsp3) is 0.235. The van der Waals surface area contributed by atoms with Gasteiger partial charge in [-0.1, -0.05) is 18.2 Å². The highest BCUT2D eigenvalue weighted by molar-refractivity contribution is 9.10. The van der Waals surface area contributed by atoms with Crippen LogP contribution in [0.1, 0.15) is 18.3 Å². The number of rotatable bonds is 4. The van der Waals surface area contributed by atoms with E-state index < -0.39 is 0 Å². The molecule has 0 fully saturated rings. The second-order valence-corrected chi connectivity index (χ2v) is 5.95. The summed E-state index contributed by atoms with van der Waals surface area (Å²) in [4.78, 5) is 4.73. The van der Waals surface area contributed by atoms with Crippen molar-refractivity contribution in [3.63, 3.8) is 0 Å². The van der Waals surface area contributed by atoms with E-state index in [9.17, 15) is 0 Å². The first-order chi connectivity index (χ1) is 10.2. The normalized spacial score (nSPS) is 11.0. The first-order valence-electron chi connectivity index (χ1n) is 7.13. The number of aryl methyl sites for hydroxylation is 2. The third-order valence-corrected chi connectivity index (χ3v) is 4.27. The van der Waals surface area contributed by atoms with Gasteiger partial charge < -0.3 is 9.88 Å². The molecule has 0 bridgehead atoms. The lowest BCUT2D eigenvalue weighted by Gasteiger charge is -2.10. The van der Waals surface area contributed by atoms with Crippen molar-refractivity contribution in [1.82, 2.24) is 9.55 Å². The van der Waals surface area contributed by atoms with Gasteiger partial charge in [0.1, 0.15) is 5.82 Å². The monoisotopic (exact) mass is 343 g/mol. The third kappa shape index (κ3) is 2.81. The van der Waals surface area contributed by atoms with E-state index in [4.69, 9.17) is 4.98 Å². The van der Waals surface area contributed by atoms with Crippen LogP contribution >= 0.6 is 15.9 Å². The highest BCUT2D eigenvalue weighted by atomic mass is 79.9. The van der Waals surface area contributed by atoms with Crippen LogP contribution in [0.25, 0.3) is 11.0 Å². The molecule has 1 N–H and O–H groups in total. The number of hydrogen-bond donors (Lipinski definition) is 1. The molecule has 0 atom stereocenters. The minimum absolute atomic E-state index is 0.712. The number of nitrogens with zero attached hydrogens (tertiary/aromatic N) is 2. The zero-order chi connectivity index (χ0) is 14.8. The summed E-state index contributed by atoms with van der Waals surface area (Å²) in [5.41, 5.74) is 4.59. The highest BCUT2D eigenvalue weighted by Gasteiger charge is 2.09. The van der Waals surface area contributed by atoms with Crippen molar-refractivity contribution in [2.75, 3.05) is 5.32 Å². The molecule has 0 aliphatic rings. The minimum Gasteiger partial charge on any atom is -0.377 e. The van der Waals surface area contributed by atoms with Gasteiger partial charge in [0.2, 0.25) is 0 Å². The first-order valence-corrected chi connectivity index (χ1v) is 7.92. The van der Waals surface area contributed by atoms with Crippen molar-refractivity contribution in [1.29, 1.82) is 0 Å². The third-order valence-electron chi connectivity index (χ3n) is 3.61. The number of anilines is 1. The molecule has 0 saturated heterocycles. The van der Waals surface area contributed by atoms with Gasteiger partial charge in [-0.15, -0.1) is 0 Å². The van der Waals surface area contributed by atoms with E-state index in [-0.39, 0.29) is 0 Å². The molecule has 0 aliphatic carbocycles. The molecule has 3 nitrogen and oxygen atoms in total. The Kier molecular flexibility index (Phi) is 3.97. The molecule has 0 aliphatic heterocycles. The molecule has 108 valence electrons. The molecule has 0 amide bonds. The van der Waals surface area contributed by atoms with Gasteiger partial charge in [-0.05, 0) is 59.6 Å². The van der Waals surface area contributed by atoms with Crippen molar-refractivity contribution in [3.05, 3.63) is 58.3 Å². The summed E-state index contributed by atoms with van der Waals surface area (Å²) >= 11 is 3.60. The Hall–Kier alpha value is -1.81.